The van der Waals surface area contributed by atoms with Crippen molar-refractivity contribution in [3.63, 3.8) is 0 Å². The molecule has 3 rings (SSSR count). The molecule has 0 saturated carbocycles. The molecule has 0 bridgehead atoms. The lowest BCUT2D eigenvalue weighted by Gasteiger charge is -2.15. The highest BCUT2D eigenvalue weighted by Gasteiger charge is 2.23. The van der Waals surface area contributed by atoms with Gasteiger partial charge in [0.05, 0.1) is 17.9 Å². The van der Waals surface area contributed by atoms with Crippen LogP contribution in [0.5, 0.6) is 5.75 Å². The quantitative estimate of drug-likeness (QED) is 0.393. The monoisotopic (exact) mass is 409 g/mol. The maximum atomic E-state index is 13.1. The Bertz CT molecular complexity index is 1040. The van der Waals surface area contributed by atoms with Crippen LogP contribution < -0.4 is 4.74 Å². The second kappa shape index (κ2) is 8.82. The molecule has 0 saturated heterocycles. The number of hydrogen-bond acceptors (Lipinski definition) is 5. The SMILES string of the molecule is CCn1c(SC(C)C(=O)c2cc(C)c(C)cc2C)nnc1-c1ccccc1OC. The van der Waals surface area contributed by atoms with Crippen molar-refractivity contribution in [1.29, 1.82) is 0 Å². The van der Waals surface area contributed by atoms with Gasteiger partial charge in [0.25, 0.3) is 0 Å². The smallest absolute Gasteiger partial charge is 0.192 e. The summed E-state index contributed by atoms with van der Waals surface area (Å²) in [6.07, 6.45) is 0. The van der Waals surface area contributed by atoms with Crippen LogP contribution in [0.4, 0.5) is 0 Å². The van der Waals surface area contributed by atoms with E-state index in [9.17, 15) is 4.79 Å². The van der Waals surface area contributed by atoms with Crippen LogP contribution in [0.15, 0.2) is 41.6 Å². The van der Waals surface area contributed by atoms with Gasteiger partial charge in [-0.3, -0.25) is 4.79 Å². The van der Waals surface area contributed by atoms with E-state index in [2.05, 4.69) is 23.2 Å². The molecule has 2 aromatic carbocycles. The summed E-state index contributed by atoms with van der Waals surface area (Å²) in [6, 6.07) is 11.8. The summed E-state index contributed by atoms with van der Waals surface area (Å²) in [5.74, 6) is 1.61. The van der Waals surface area contributed by atoms with Crippen molar-refractivity contribution < 1.29 is 9.53 Å². The zero-order valence-electron chi connectivity index (χ0n) is 17.8. The van der Waals surface area contributed by atoms with Crippen molar-refractivity contribution in [2.24, 2.45) is 0 Å². The zero-order valence-corrected chi connectivity index (χ0v) is 18.6. The molecule has 0 spiro atoms. The van der Waals surface area contributed by atoms with E-state index in [4.69, 9.17) is 4.74 Å². The van der Waals surface area contributed by atoms with Gasteiger partial charge in [-0.2, -0.15) is 0 Å². The molecule has 0 aliphatic rings. The third-order valence-corrected chi connectivity index (χ3v) is 6.22. The van der Waals surface area contributed by atoms with Crippen LogP contribution in [0.3, 0.4) is 0 Å². The predicted octanol–water partition coefficient (Wildman–Crippen LogP) is 5.26. The lowest BCUT2D eigenvalue weighted by Crippen LogP contribution is -2.16. The number of Topliss-reactive ketones (excluding diaryl/α,β-unsaturated/α-hetero) is 1. The average molecular weight is 410 g/mol. The Kier molecular flexibility index (Phi) is 6.42. The summed E-state index contributed by atoms with van der Waals surface area (Å²) in [5, 5.41) is 9.24. The normalized spacial score (nSPS) is 12.1. The number of carbonyl (C=O) groups excluding carboxylic acids is 1. The lowest BCUT2D eigenvalue weighted by atomic mass is 9.97. The van der Waals surface area contributed by atoms with E-state index in [0.29, 0.717) is 6.54 Å². The number of benzene rings is 2. The highest BCUT2D eigenvalue weighted by atomic mass is 32.2. The molecule has 0 radical (unpaired) electrons. The highest BCUT2D eigenvalue weighted by Crippen LogP contribution is 2.33. The lowest BCUT2D eigenvalue weighted by molar-refractivity contribution is 0.0993. The topological polar surface area (TPSA) is 57.0 Å². The Morgan fingerprint density at radius 1 is 1.10 bits per heavy atom. The Labute approximate surface area is 176 Å². The molecule has 1 atom stereocenters. The third kappa shape index (κ3) is 4.22. The van der Waals surface area contributed by atoms with E-state index in [1.54, 1.807) is 7.11 Å². The first-order chi connectivity index (χ1) is 13.9. The molecule has 3 aromatic rings. The maximum absolute atomic E-state index is 13.1. The van der Waals surface area contributed by atoms with Crippen LogP contribution in [0.2, 0.25) is 0 Å². The van der Waals surface area contributed by atoms with Crippen molar-refractivity contribution in [2.75, 3.05) is 7.11 Å². The molecule has 0 aliphatic heterocycles. The van der Waals surface area contributed by atoms with Crippen LogP contribution in [0, 0.1) is 20.8 Å². The number of aromatic nitrogens is 3. The van der Waals surface area contributed by atoms with Crippen LogP contribution >= 0.6 is 11.8 Å². The van der Waals surface area contributed by atoms with Crippen molar-refractivity contribution >= 4 is 17.5 Å². The Balaban J connectivity index is 1.90. The summed E-state index contributed by atoms with van der Waals surface area (Å²) in [6.45, 7) is 10.8. The molecule has 0 N–H and O–H groups in total. The number of carbonyl (C=O) groups is 1. The fourth-order valence-electron chi connectivity index (χ4n) is 3.35. The minimum absolute atomic E-state index is 0.111. The van der Waals surface area contributed by atoms with Gasteiger partial charge in [-0.15, -0.1) is 10.2 Å². The van der Waals surface area contributed by atoms with Crippen LogP contribution in [0.25, 0.3) is 11.4 Å². The molecule has 0 amide bonds. The van der Waals surface area contributed by atoms with Crippen LogP contribution in [-0.4, -0.2) is 32.9 Å². The molecule has 1 heterocycles. The molecule has 1 unspecified atom stereocenters. The van der Waals surface area contributed by atoms with Crippen molar-refractivity contribution in [3.05, 3.63) is 58.7 Å². The van der Waals surface area contributed by atoms with Gasteiger partial charge in [0, 0.05) is 12.1 Å². The average Bonchev–Trinajstić information content (AvgIpc) is 3.12. The minimum Gasteiger partial charge on any atom is -0.496 e. The van der Waals surface area contributed by atoms with Gasteiger partial charge in [-0.25, -0.2) is 0 Å². The maximum Gasteiger partial charge on any atom is 0.192 e. The first-order valence-electron chi connectivity index (χ1n) is 9.72. The standard InChI is InChI=1S/C23H27N3O2S/c1-7-26-22(18-10-8-9-11-20(18)28-6)24-25-23(26)29-17(5)21(27)19-13-15(3)14(2)12-16(19)4/h8-13,17H,7H2,1-6H3. The van der Waals surface area contributed by atoms with Gasteiger partial charge in [-0.05, 0) is 69.5 Å². The van der Waals surface area contributed by atoms with Gasteiger partial charge < -0.3 is 9.30 Å². The number of para-hydroxylation sites is 1. The van der Waals surface area contributed by atoms with Crippen molar-refractivity contribution in [1.82, 2.24) is 14.8 Å². The summed E-state index contributed by atoms with van der Waals surface area (Å²) in [4.78, 5) is 13.1. The van der Waals surface area contributed by atoms with Gasteiger partial charge in [0.1, 0.15) is 5.75 Å². The Hall–Kier alpha value is -2.60. The zero-order chi connectivity index (χ0) is 21.1. The molecule has 0 aliphatic carbocycles. The third-order valence-electron chi connectivity index (χ3n) is 5.14. The summed E-state index contributed by atoms with van der Waals surface area (Å²) >= 11 is 1.44. The second-order valence-corrected chi connectivity index (χ2v) is 8.43. The molecular weight excluding hydrogens is 382 g/mol. The summed E-state index contributed by atoms with van der Waals surface area (Å²) in [7, 11) is 1.65. The Morgan fingerprint density at radius 3 is 2.48 bits per heavy atom. The van der Waals surface area contributed by atoms with Gasteiger partial charge in [-0.1, -0.05) is 30.0 Å². The van der Waals surface area contributed by atoms with Crippen LogP contribution in [0.1, 0.15) is 40.9 Å². The van der Waals surface area contributed by atoms with E-state index in [1.807, 2.05) is 62.6 Å². The first-order valence-corrected chi connectivity index (χ1v) is 10.6. The Morgan fingerprint density at radius 2 is 1.79 bits per heavy atom. The molecule has 1 aromatic heterocycles. The number of hydrogen-bond donors (Lipinski definition) is 0. The highest BCUT2D eigenvalue weighted by molar-refractivity contribution is 8.00. The number of nitrogens with zero attached hydrogens (tertiary/aromatic N) is 3. The fraction of sp³-hybridized carbons (Fsp3) is 0.348. The molecule has 152 valence electrons. The summed E-state index contributed by atoms with van der Waals surface area (Å²) < 4.78 is 7.50. The first kappa shape index (κ1) is 21.1. The number of methoxy groups -OCH3 is 1. The largest absolute Gasteiger partial charge is 0.496 e. The minimum atomic E-state index is -0.268. The van der Waals surface area contributed by atoms with Gasteiger partial charge in [0.2, 0.25) is 0 Å². The molecular formula is C23H27N3O2S. The fourth-order valence-corrected chi connectivity index (χ4v) is 4.33. The van der Waals surface area contributed by atoms with E-state index in [-0.39, 0.29) is 11.0 Å². The number of thioether (sulfide) groups is 1. The van der Waals surface area contributed by atoms with E-state index < -0.39 is 0 Å². The van der Waals surface area contributed by atoms with E-state index in [0.717, 1.165) is 39.0 Å². The number of ketones is 1. The number of ether oxygens (including phenoxy) is 1. The molecule has 0 fully saturated rings. The van der Waals surface area contributed by atoms with Gasteiger partial charge >= 0.3 is 0 Å². The van der Waals surface area contributed by atoms with Gasteiger partial charge in [0.15, 0.2) is 16.8 Å². The number of aryl methyl sites for hydroxylation is 3. The molecule has 5 nitrogen and oxygen atoms in total. The van der Waals surface area contributed by atoms with E-state index >= 15 is 0 Å². The second-order valence-electron chi connectivity index (χ2n) is 7.13. The molecule has 29 heavy (non-hydrogen) atoms. The number of rotatable bonds is 7. The summed E-state index contributed by atoms with van der Waals surface area (Å²) in [5.41, 5.74) is 5.01. The predicted molar refractivity (Wildman–Crippen MR) is 118 cm³/mol. The van der Waals surface area contributed by atoms with Crippen molar-refractivity contribution in [2.45, 2.75) is 51.6 Å². The van der Waals surface area contributed by atoms with E-state index in [1.165, 1.54) is 17.3 Å². The van der Waals surface area contributed by atoms with Crippen molar-refractivity contribution in [3.8, 4) is 17.1 Å². The molecule has 6 heteroatoms. The van der Waals surface area contributed by atoms with Crippen LogP contribution in [-0.2, 0) is 6.54 Å².